The average molecular weight is 451 g/mol. The maximum absolute atomic E-state index is 12.7. The molecular weight excluding hydrogens is 420 g/mol. The van der Waals surface area contributed by atoms with Gasteiger partial charge in [-0.1, -0.05) is 12.1 Å². The van der Waals surface area contributed by atoms with Crippen molar-refractivity contribution in [3.63, 3.8) is 0 Å². The van der Waals surface area contributed by atoms with E-state index in [0.717, 1.165) is 44.3 Å². The third kappa shape index (κ3) is 5.69. The van der Waals surface area contributed by atoms with Crippen LogP contribution >= 0.6 is 0 Å². The third-order valence-corrected chi connectivity index (χ3v) is 6.59. The zero-order chi connectivity index (χ0) is 23.2. The molecular formula is C25H30N4O4. The lowest BCUT2D eigenvalue weighted by Gasteiger charge is -2.36. The summed E-state index contributed by atoms with van der Waals surface area (Å²) in [4.78, 5) is 44.8. The summed E-state index contributed by atoms with van der Waals surface area (Å²) in [5, 5.41) is 0. The van der Waals surface area contributed by atoms with Crippen molar-refractivity contribution in [3.8, 4) is 5.75 Å². The van der Waals surface area contributed by atoms with Gasteiger partial charge in [0.05, 0.1) is 12.1 Å². The van der Waals surface area contributed by atoms with Crippen LogP contribution in [-0.2, 0) is 11.2 Å². The number of aromatic nitrogens is 1. The number of aryl methyl sites for hydroxylation is 1. The number of benzene rings is 1. The topological polar surface area (TPSA) is 106 Å². The Morgan fingerprint density at radius 2 is 1.88 bits per heavy atom. The number of primary amides is 1. The number of amides is 3. The van der Waals surface area contributed by atoms with E-state index in [9.17, 15) is 14.4 Å². The summed E-state index contributed by atoms with van der Waals surface area (Å²) in [5.74, 6) is -0.317. The lowest BCUT2D eigenvalue weighted by molar-refractivity contribution is -0.125. The van der Waals surface area contributed by atoms with E-state index in [-0.39, 0.29) is 18.4 Å². The first-order valence-electron chi connectivity index (χ1n) is 11.6. The van der Waals surface area contributed by atoms with Gasteiger partial charge in [0.25, 0.3) is 5.91 Å². The quantitative estimate of drug-likeness (QED) is 0.728. The van der Waals surface area contributed by atoms with Gasteiger partial charge in [-0.05, 0) is 67.9 Å². The molecule has 0 aliphatic carbocycles. The average Bonchev–Trinajstić information content (AvgIpc) is 3.38. The summed E-state index contributed by atoms with van der Waals surface area (Å²) in [7, 11) is 0. The number of hydrogen-bond acceptors (Lipinski definition) is 5. The molecule has 8 nitrogen and oxygen atoms in total. The van der Waals surface area contributed by atoms with Gasteiger partial charge in [-0.15, -0.1) is 0 Å². The molecule has 2 aliphatic heterocycles. The maximum Gasteiger partial charge on any atom is 0.415 e. The number of carbonyl (C=O) groups excluding carboxylic acids is 3. The number of hydrogen-bond donors (Lipinski definition) is 1. The van der Waals surface area contributed by atoms with E-state index in [4.69, 9.17) is 10.5 Å². The van der Waals surface area contributed by atoms with Crippen molar-refractivity contribution < 1.29 is 19.1 Å². The molecule has 2 saturated heterocycles. The SMILES string of the molecule is NC(=O)C1CN(C(=O)Oc2cccnc2)CCC1CCc1cccc(C(=O)N2CCCC2)c1. The van der Waals surface area contributed by atoms with Crippen molar-refractivity contribution in [2.24, 2.45) is 17.6 Å². The minimum Gasteiger partial charge on any atom is -0.409 e. The Morgan fingerprint density at radius 1 is 1.06 bits per heavy atom. The van der Waals surface area contributed by atoms with Gasteiger partial charge in [0.2, 0.25) is 5.91 Å². The van der Waals surface area contributed by atoms with Gasteiger partial charge < -0.3 is 20.3 Å². The molecule has 2 atom stereocenters. The normalized spacial score (nSPS) is 20.5. The second kappa shape index (κ2) is 10.5. The fraction of sp³-hybridized carbons (Fsp3) is 0.440. The summed E-state index contributed by atoms with van der Waals surface area (Å²) < 4.78 is 5.36. The van der Waals surface area contributed by atoms with Crippen molar-refractivity contribution in [2.45, 2.75) is 32.1 Å². The molecule has 0 saturated carbocycles. The van der Waals surface area contributed by atoms with E-state index >= 15 is 0 Å². The molecule has 4 rings (SSSR count). The number of likely N-dealkylation sites (tertiary alicyclic amines) is 2. The van der Waals surface area contributed by atoms with E-state index in [1.807, 2.05) is 29.2 Å². The van der Waals surface area contributed by atoms with Crippen LogP contribution in [0.2, 0.25) is 0 Å². The fourth-order valence-electron chi connectivity index (χ4n) is 4.72. The highest BCUT2D eigenvalue weighted by atomic mass is 16.6. The summed E-state index contributed by atoms with van der Waals surface area (Å²) >= 11 is 0. The predicted octanol–water partition coefficient (Wildman–Crippen LogP) is 2.87. The van der Waals surface area contributed by atoms with E-state index in [1.165, 1.54) is 11.1 Å². The van der Waals surface area contributed by atoms with Crippen LogP contribution in [0.25, 0.3) is 0 Å². The first-order chi connectivity index (χ1) is 16.0. The van der Waals surface area contributed by atoms with E-state index in [1.54, 1.807) is 18.3 Å². The van der Waals surface area contributed by atoms with Gasteiger partial charge in [-0.3, -0.25) is 14.6 Å². The van der Waals surface area contributed by atoms with Crippen LogP contribution in [-0.4, -0.2) is 58.9 Å². The van der Waals surface area contributed by atoms with Crippen LogP contribution in [0.15, 0.2) is 48.8 Å². The molecule has 2 aliphatic rings. The van der Waals surface area contributed by atoms with Crippen molar-refractivity contribution in [2.75, 3.05) is 26.2 Å². The molecule has 2 N–H and O–H groups in total. The van der Waals surface area contributed by atoms with Crippen molar-refractivity contribution >= 4 is 17.9 Å². The van der Waals surface area contributed by atoms with Gasteiger partial charge in [0.15, 0.2) is 5.75 Å². The molecule has 3 amide bonds. The van der Waals surface area contributed by atoms with Crippen LogP contribution in [0, 0.1) is 11.8 Å². The van der Waals surface area contributed by atoms with Crippen LogP contribution in [0.5, 0.6) is 5.75 Å². The Hall–Kier alpha value is -3.42. The molecule has 2 fully saturated rings. The van der Waals surface area contributed by atoms with Crippen LogP contribution < -0.4 is 10.5 Å². The molecule has 33 heavy (non-hydrogen) atoms. The van der Waals surface area contributed by atoms with Crippen molar-refractivity contribution in [1.29, 1.82) is 0 Å². The number of rotatable bonds is 6. The standard InChI is InChI=1S/C25H30N4O4/c26-23(30)22-17-29(25(32)33-21-7-4-11-27-16-21)14-10-19(22)9-8-18-5-3-6-20(15-18)24(31)28-12-1-2-13-28/h3-7,11,15-16,19,22H,1-2,8-10,12-14,17H2,(H2,26,30). The monoisotopic (exact) mass is 450 g/mol. The molecule has 1 aromatic heterocycles. The fourth-order valence-corrected chi connectivity index (χ4v) is 4.72. The number of carbonyl (C=O) groups is 3. The number of nitrogens with zero attached hydrogens (tertiary/aromatic N) is 3. The van der Waals surface area contributed by atoms with E-state index in [2.05, 4.69) is 4.98 Å². The molecule has 8 heteroatoms. The van der Waals surface area contributed by atoms with Crippen LogP contribution in [0.4, 0.5) is 4.79 Å². The van der Waals surface area contributed by atoms with Crippen LogP contribution in [0.1, 0.15) is 41.6 Å². The molecule has 2 aromatic rings. The van der Waals surface area contributed by atoms with Crippen LogP contribution in [0.3, 0.4) is 0 Å². The summed E-state index contributed by atoms with van der Waals surface area (Å²) in [6.45, 7) is 2.39. The van der Waals surface area contributed by atoms with Gasteiger partial charge >= 0.3 is 6.09 Å². The highest BCUT2D eigenvalue weighted by Crippen LogP contribution is 2.29. The smallest absolute Gasteiger partial charge is 0.409 e. The molecule has 2 unspecified atom stereocenters. The summed E-state index contributed by atoms with van der Waals surface area (Å²) in [6, 6.07) is 11.1. The number of pyridine rings is 1. The maximum atomic E-state index is 12.7. The Kier molecular flexibility index (Phi) is 7.22. The Morgan fingerprint density at radius 3 is 2.61 bits per heavy atom. The Bertz CT molecular complexity index is 991. The van der Waals surface area contributed by atoms with Gasteiger partial charge in [0, 0.05) is 37.9 Å². The van der Waals surface area contributed by atoms with Crippen molar-refractivity contribution in [3.05, 3.63) is 59.9 Å². The number of nitrogens with two attached hydrogens (primary N) is 1. The minimum absolute atomic E-state index is 0.0721. The van der Waals surface area contributed by atoms with Gasteiger partial charge in [0.1, 0.15) is 0 Å². The molecule has 1 aromatic carbocycles. The first-order valence-corrected chi connectivity index (χ1v) is 11.6. The lowest BCUT2D eigenvalue weighted by atomic mass is 9.81. The molecule has 0 bridgehead atoms. The predicted molar refractivity (Wildman–Crippen MR) is 123 cm³/mol. The summed E-state index contributed by atoms with van der Waals surface area (Å²) in [5.41, 5.74) is 7.48. The highest BCUT2D eigenvalue weighted by molar-refractivity contribution is 5.94. The first kappa shape index (κ1) is 22.8. The van der Waals surface area contributed by atoms with E-state index in [0.29, 0.717) is 24.3 Å². The lowest BCUT2D eigenvalue weighted by Crippen LogP contribution is -2.49. The third-order valence-electron chi connectivity index (χ3n) is 6.59. The zero-order valence-electron chi connectivity index (χ0n) is 18.7. The Labute approximate surface area is 193 Å². The number of piperidine rings is 1. The second-order valence-corrected chi connectivity index (χ2v) is 8.80. The molecule has 0 radical (unpaired) electrons. The minimum atomic E-state index is -0.499. The van der Waals surface area contributed by atoms with Crippen molar-refractivity contribution in [1.82, 2.24) is 14.8 Å². The zero-order valence-corrected chi connectivity index (χ0v) is 18.7. The van der Waals surface area contributed by atoms with Gasteiger partial charge in [-0.2, -0.15) is 0 Å². The molecule has 3 heterocycles. The summed E-state index contributed by atoms with van der Waals surface area (Å²) in [6.07, 6.45) is 6.88. The Balaban J connectivity index is 1.35. The molecule has 0 spiro atoms. The second-order valence-electron chi connectivity index (χ2n) is 8.80. The number of ether oxygens (including phenoxy) is 1. The molecule has 174 valence electrons. The highest BCUT2D eigenvalue weighted by Gasteiger charge is 2.35. The van der Waals surface area contributed by atoms with E-state index < -0.39 is 17.9 Å². The van der Waals surface area contributed by atoms with Gasteiger partial charge in [-0.25, -0.2) is 4.79 Å². The largest absolute Gasteiger partial charge is 0.415 e.